The Balaban J connectivity index is 1.22. The maximum atomic E-state index is 13.1. The number of hydrogen-bond acceptors (Lipinski definition) is 7. The molecule has 1 aliphatic heterocycles. The second-order valence-electron chi connectivity index (χ2n) is 7.81. The third kappa shape index (κ3) is 3.80. The molecule has 0 atom stereocenters. The lowest BCUT2D eigenvalue weighted by molar-refractivity contribution is 0.163. The summed E-state index contributed by atoms with van der Waals surface area (Å²) in [7, 11) is -3.47. The van der Waals surface area contributed by atoms with Crippen LogP contribution in [-0.4, -0.2) is 53.9 Å². The van der Waals surface area contributed by atoms with Gasteiger partial charge < -0.3 is 8.94 Å². The first-order valence-electron chi connectivity index (χ1n) is 10.3. The van der Waals surface area contributed by atoms with Gasteiger partial charge in [0.05, 0.1) is 17.7 Å². The van der Waals surface area contributed by atoms with Gasteiger partial charge in [0.15, 0.2) is 5.76 Å². The third-order valence-corrected chi connectivity index (χ3v) is 7.75. The number of rotatable bonds is 5. The molecule has 3 aromatic rings. The molecule has 0 N–H and O–H groups in total. The standard InChI is InChI=1S/C21H24N4O4S/c26-30(27,18-8-7-16-4-1-2-5-17(16)14-18)25-11-9-24(10-12-25)15-20-22-21(23-29-20)19-6-3-13-28-19/h3,6-8,13-14H,1-2,4-5,9-12,15H2. The zero-order chi connectivity index (χ0) is 20.6. The predicted molar refractivity (Wildman–Crippen MR) is 109 cm³/mol. The first-order valence-corrected chi connectivity index (χ1v) is 11.7. The molecule has 8 nitrogen and oxygen atoms in total. The number of furan rings is 1. The normalized spacial score (nSPS) is 18.4. The number of nitrogens with zero attached hydrogens (tertiary/aromatic N) is 4. The molecule has 2 aromatic heterocycles. The SMILES string of the molecule is O=S(=O)(c1ccc2c(c1)CCCC2)N1CCN(Cc2nc(-c3ccco3)no2)CC1. The predicted octanol–water partition coefficient (Wildman–Crippen LogP) is 2.71. The number of hydrogen-bond donors (Lipinski definition) is 0. The summed E-state index contributed by atoms with van der Waals surface area (Å²) in [4.78, 5) is 6.89. The average molecular weight is 429 g/mol. The summed E-state index contributed by atoms with van der Waals surface area (Å²) in [5.41, 5.74) is 2.48. The Morgan fingerprint density at radius 3 is 2.57 bits per heavy atom. The minimum atomic E-state index is -3.47. The van der Waals surface area contributed by atoms with Gasteiger partial charge in [-0.3, -0.25) is 4.90 Å². The second kappa shape index (κ2) is 7.98. The van der Waals surface area contributed by atoms with Crippen LogP contribution in [0.4, 0.5) is 0 Å². The Labute approximate surface area is 175 Å². The van der Waals surface area contributed by atoms with Crippen molar-refractivity contribution in [3.63, 3.8) is 0 Å². The Morgan fingerprint density at radius 2 is 1.80 bits per heavy atom. The highest BCUT2D eigenvalue weighted by Gasteiger charge is 2.30. The van der Waals surface area contributed by atoms with E-state index in [0.717, 1.165) is 19.3 Å². The van der Waals surface area contributed by atoms with Crippen LogP contribution in [0.1, 0.15) is 29.9 Å². The summed E-state index contributed by atoms with van der Waals surface area (Å²) in [6, 6.07) is 9.18. The molecule has 1 aromatic carbocycles. The average Bonchev–Trinajstić information content (AvgIpc) is 3.46. The minimum absolute atomic E-state index is 0.414. The van der Waals surface area contributed by atoms with Gasteiger partial charge in [0.1, 0.15) is 0 Å². The molecular weight excluding hydrogens is 404 g/mol. The van der Waals surface area contributed by atoms with Crippen LogP contribution < -0.4 is 0 Å². The Kier molecular flexibility index (Phi) is 5.18. The zero-order valence-electron chi connectivity index (χ0n) is 16.7. The van der Waals surface area contributed by atoms with Gasteiger partial charge in [0, 0.05) is 26.2 Å². The molecule has 0 radical (unpaired) electrons. The summed E-state index contributed by atoms with van der Waals surface area (Å²) >= 11 is 0. The maximum absolute atomic E-state index is 13.1. The van der Waals surface area contributed by atoms with Crippen molar-refractivity contribution in [1.82, 2.24) is 19.3 Å². The number of fused-ring (bicyclic) bond motifs is 1. The van der Waals surface area contributed by atoms with Crippen LogP contribution in [0.25, 0.3) is 11.6 Å². The van der Waals surface area contributed by atoms with E-state index in [1.165, 1.54) is 17.5 Å². The molecule has 9 heteroatoms. The zero-order valence-corrected chi connectivity index (χ0v) is 17.5. The van der Waals surface area contributed by atoms with Gasteiger partial charge >= 0.3 is 0 Å². The van der Waals surface area contributed by atoms with E-state index in [2.05, 4.69) is 15.0 Å². The van der Waals surface area contributed by atoms with E-state index in [-0.39, 0.29) is 0 Å². The molecule has 0 unspecified atom stereocenters. The van der Waals surface area contributed by atoms with Crippen molar-refractivity contribution in [3.8, 4) is 11.6 Å². The summed E-state index contributed by atoms with van der Waals surface area (Å²) in [5.74, 6) is 1.47. The molecule has 1 aliphatic carbocycles. The van der Waals surface area contributed by atoms with E-state index in [1.54, 1.807) is 28.8 Å². The smallest absolute Gasteiger partial charge is 0.243 e. The second-order valence-corrected chi connectivity index (χ2v) is 9.74. The number of sulfonamides is 1. The highest BCUT2D eigenvalue weighted by atomic mass is 32.2. The molecule has 158 valence electrons. The molecule has 30 heavy (non-hydrogen) atoms. The van der Waals surface area contributed by atoms with Gasteiger partial charge in [0.25, 0.3) is 0 Å². The maximum Gasteiger partial charge on any atom is 0.243 e. The minimum Gasteiger partial charge on any atom is -0.461 e. The number of aryl methyl sites for hydroxylation is 2. The van der Waals surface area contributed by atoms with E-state index in [4.69, 9.17) is 8.94 Å². The Hall–Kier alpha value is -2.49. The summed E-state index contributed by atoms with van der Waals surface area (Å²) < 4.78 is 38.4. The monoisotopic (exact) mass is 428 g/mol. The van der Waals surface area contributed by atoms with Gasteiger partial charge in [-0.2, -0.15) is 9.29 Å². The van der Waals surface area contributed by atoms with Crippen LogP contribution >= 0.6 is 0 Å². The number of piperazine rings is 1. The summed E-state index contributed by atoms with van der Waals surface area (Å²) in [5, 5.41) is 3.94. The molecule has 0 spiro atoms. The summed E-state index contributed by atoms with van der Waals surface area (Å²) in [6.07, 6.45) is 5.90. The van der Waals surface area contributed by atoms with Crippen molar-refractivity contribution in [2.24, 2.45) is 0 Å². The Morgan fingerprint density at radius 1 is 1.00 bits per heavy atom. The van der Waals surface area contributed by atoms with Crippen molar-refractivity contribution in [2.75, 3.05) is 26.2 Å². The number of benzene rings is 1. The van der Waals surface area contributed by atoms with Crippen LogP contribution in [0.2, 0.25) is 0 Å². The molecule has 2 aliphatic rings. The lowest BCUT2D eigenvalue weighted by Crippen LogP contribution is -2.48. The van der Waals surface area contributed by atoms with Crippen LogP contribution in [0.5, 0.6) is 0 Å². The van der Waals surface area contributed by atoms with Crippen molar-refractivity contribution in [3.05, 3.63) is 53.6 Å². The van der Waals surface area contributed by atoms with E-state index in [0.29, 0.717) is 55.1 Å². The van der Waals surface area contributed by atoms with Crippen molar-refractivity contribution in [2.45, 2.75) is 37.1 Å². The summed E-state index contributed by atoms with van der Waals surface area (Å²) in [6.45, 7) is 2.60. The first-order chi connectivity index (χ1) is 14.6. The fraction of sp³-hybridized carbons (Fsp3) is 0.429. The fourth-order valence-electron chi connectivity index (χ4n) is 4.16. The molecule has 1 fully saturated rings. The Bertz CT molecular complexity index is 1120. The van der Waals surface area contributed by atoms with Gasteiger partial charge in [0.2, 0.25) is 21.7 Å². The number of aromatic nitrogens is 2. The van der Waals surface area contributed by atoms with Crippen molar-refractivity contribution >= 4 is 10.0 Å². The molecule has 0 saturated carbocycles. The highest BCUT2D eigenvalue weighted by Crippen LogP contribution is 2.26. The fourth-order valence-corrected chi connectivity index (χ4v) is 5.64. The quantitative estimate of drug-likeness (QED) is 0.617. The van der Waals surface area contributed by atoms with Gasteiger partial charge in [-0.1, -0.05) is 11.2 Å². The van der Waals surface area contributed by atoms with Gasteiger partial charge in [-0.15, -0.1) is 0 Å². The van der Waals surface area contributed by atoms with Crippen molar-refractivity contribution in [1.29, 1.82) is 0 Å². The lowest BCUT2D eigenvalue weighted by atomic mass is 9.92. The topological polar surface area (TPSA) is 92.7 Å². The van der Waals surface area contributed by atoms with Crippen LogP contribution in [0.3, 0.4) is 0 Å². The molecule has 0 amide bonds. The molecule has 1 saturated heterocycles. The molecule has 5 rings (SSSR count). The first kappa shape index (κ1) is 19.5. The van der Waals surface area contributed by atoms with Crippen molar-refractivity contribution < 1.29 is 17.4 Å². The van der Waals surface area contributed by atoms with E-state index >= 15 is 0 Å². The molecule has 0 bridgehead atoms. The van der Waals surface area contributed by atoms with E-state index in [1.807, 2.05) is 12.1 Å². The van der Waals surface area contributed by atoms with Crippen LogP contribution in [-0.2, 0) is 29.4 Å². The van der Waals surface area contributed by atoms with E-state index in [9.17, 15) is 8.42 Å². The third-order valence-electron chi connectivity index (χ3n) is 5.86. The highest BCUT2D eigenvalue weighted by molar-refractivity contribution is 7.89. The molecule has 3 heterocycles. The lowest BCUT2D eigenvalue weighted by Gasteiger charge is -2.33. The van der Waals surface area contributed by atoms with Crippen LogP contribution in [0.15, 0.2) is 50.4 Å². The van der Waals surface area contributed by atoms with Crippen LogP contribution in [0, 0.1) is 0 Å². The van der Waals surface area contributed by atoms with E-state index < -0.39 is 10.0 Å². The molecular formula is C21H24N4O4S. The van der Waals surface area contributed by atoms with Gasteiger partial charge in [-0.05, 0) is 61.1 Å². The van der Waals surface area contributed by atoms with Gasteiger partial charge in [-0.25, -0.2) is 8.42 Å². The largest absolute Gasteiger partial charge is 0.461 e.